The van der Waals surface area contributed by atoms with E-state index in [0.29, 0.717) is 11.4 Å². The Labute approximate surface area is 302 Å². The zero-order valence-corrected chi connectivity index (χ0v) is 28.2. The van der Waals surface area contributed by atoms with Gasteiger partial charge in [0.2, 0.25) is 5.90 Å². The molecule has 3 atom stereocenters. The number of aromatic nitrogens is 2. The second-order valence-electron chi connectivity index (χ2n) is 13.0. The third-order valence-corrected chi connectivity index (χ3v) is 9.79. The molecule has 0 bridgehead atoms. The summed E-state index contributed by atoms with van der Waals surface area (Å²) in [4.78, 5) is 10.1. The average molecular weight is 675 g/mol. The summed E-state index contributed by atoms with van der Waals surface area (Å²) in [5.41, 5.74) is 15.8. The van der Waals surface area contributed by atoms with Crippen LogP contribution in [0.25, 0.3) is 55.8 Å². The molecular formula is C46H34N4O2. The fourth-order valence-corrected chi connectivity index (χ4v) is 7.23. The second-order valence-corrected chi connectivity index (χ2v) is 13.0. The molecule has 2 heterocycles. The molecule has 0 fully saturated rings. The summed E-state index contributed by atoms with van der Waals surface area (Å²) in [6, 6.07) is 48.9. The van der Waals surface area contributed by atoms with Crippen molar-refractivity contribution in [2.45, 2.75) is 18.2 Å². The molecule has 1 aliphatic heterocycles. The van der Waals surface area contributed by atoms with E-state index in [0.717, 1.165) is 66.9 Å². The minimum atomic E-state index is -0.862. The third kappa shape index (κ3) is 5.75. The van der Waals surface area contributed by atoms with Gasteiger partial charge in [0.25, 0.3) is 0 Å². The van der Waals surface area contributed by atoms with Crippen LogP contribution in [0.2, 0.25) is 0 Å². The molecule has 52 heavy (non-hydrogen) atoms. The summed E-state index contributed by atoms with van der Waals surface area (Å²) < 4.78 is 12.4. The standard InChI is InChI=1S/C46H34N4O2/c47-44(52-45(48)39-23-12-22-38-37-20-9-10-24-42(37)51-43(38)39)32-25-26-33-31(27-32)17-11-21-34(33)35-18-7-8-19-36(35)41-28-40(29-13-3-1-4-14-29)49-46(50-41)30-15-5-2-6-16-30/h1-28,37,42,45,47H,48H2. The number of para-hydroxylation sites is 1. The molecule has 1 aliphatic carbocycles. The van der Waals surface area contributed by atoms with Crippen LogP contribution in [0.4, 0.5) is 0 Å². The van der Waals surface area contributed by atoms with Gasteiger partial charge in [-0.3, -0.25) is 11.1 Å². The molecule has 7 aromatic rings. The highest BCUT2D eigenvalue weighted by Crippen LogP contribution is 2.45. The lowest BCUT2D eigenvalue weighted by atomic mass is 9.91. The van der Waals surface area contributed by atoms with E-state index in [4.69, 9.17) is 30.6 Å². The van der Waals surface area contributed by atoms with Crippen LogP contribution in [0.15, 0.2) is 170 Å². The number of nitrogens with zero attached hydrogens (tertiary/aromatic N) is 2. The monoisotopic (exact) mass is 674 g/mol. The molecule has 0 amide bonds. The van der Waals surface area contributed by atoms with Crippen LogP contribution >= 0.6 is 0 Å². The molecule has 6 nitrogen and oxygen atoms in total. The molecule has 0 radical (unpaired) electrons. The number of allylic oxidation sites excluding steroid dienone is 2. The Morgan fingerprint density at radius 1 is 0.654 bits per heavy atom. The van der Waals surface area contributed by atoms with Crippen molar-refractivity contribution in [1.82, 2.24) is 9.97 Å². The summed E-state index contributed by atoms with van der Waals surface area (Å²) in [6.07, 6.45) is 7.33. The van der Waals surface area contributed by atoms with Crippen molar-refractivity contribution >= 4 is 16.7 Å². The molecule has 6 heteroatoms. The van der Waals surface area contributed by atoms with Gasteiger partial charge in [0.15, 0.2) is 12.1 Å². The molecule has 0 spiro atoms. The Balaban J connectivity index is 1.05. The fourth-order valence-electron chi connectivity index (χ4n) is 7.23. The van der Waals surface area contributed by atoms with E-state index in [1.807, 2.05) is 97.1 Å². The van der Waals surface area contributed by atoms with Crippen molar-refractivity contribution in [1.29, 1.82) is 5.41 Å². The van der Waals surface area contributed by atoms with Crippen molar-refractivity contribution in [3.63, 3.8) is 0 Å². The predicted molar refractivity (Wildman–Crippen MR) is 208 cm³/mol. The van der Waals surface area contributed by atoms with Crippen molar-refractivity contribution in [2.24, 2.45) is 5.73 Å². The molecule has 0 saturated carbocycles. The van der Waals surface area contributed by atoms with Gasteiger partial charge in [-0.2, -0.15) is 0 Å². The molecule has 9 rings (SSSR count). The van der Waals surface area contributed by atoms with E-state index in [1.165, 1.54) is 0 Å². The van der Waals surface area contributed by atoms with E-state index in [1.54, 1.807) is 0 Å². The van der Waals surface area contributed by atoms with Crippen LogP contribution in [-0.4, -0.2) is 22.0 Å². The zero-order valence-electron chi connectivity index (χ0n) is 28.2. The smallest absolute Gasteiger partial charge is 0.215 e. The molecule has 6 aromatic carbocycles. The molecule has 1 aromatic heterocycles. The average Bonchev–Trinajstić information content (AvgIpc) is 3.60. The van der Waals surface area contributed by atoms with Gasteiger partial charge in [0.05, 0.1) is 11.4 Å². The number of hydrogen-bond acceptors (Lipinski definition) is 6. The topological polar surface area (TPSA) is 94.1 Å². The number of nitrogens with two attached hydrogens (primary N) is 1. The van der Waals surface area contributed by atoms with Crippen molar-refractivity contribution < 1.29 is 9.47 Å². The number of ether oxygens (including phenoxy) is 2. The minimum Gasteiger partial charge on any atom is -0.485 e. The lowest BCUT2D eigenvalue weighted by molar-refractivity contribution is 0.189. The fraction of sp³-hybridized carbons (Fsp3) is 0.0652. The Hall–Kier alpha value is -6.63. The van der Waals surface area contributed by atoms with Crippen molar-refractivity contribution in [2.75, 3.05) is 0 Å². The first-order valence-corrected chi connectivity index (χ1v) is 17.4. The Morgan fingerprint density at radius 3 is 2.17 bits per heavy atom. The number of fused-ring (bicyclic) bond motifs is 4. The highest BCUT2D eigenvalue weighted by Gasteiger charge is 2.35. The summed E-state index contributed by atoms with van der Waals surface area (Å²) >= 11 is 0. The Morgan fingerprint density at radius 2 is 1.35 bits per heavy atom. The third-order valence-electron chi connectivity index (χ3n) is 9.79. The van der Waals surface area contributed by atoms with Gasteiger partial charge in [-0.1, -0.05) is 146 Å². The Bertz CT molecular complexity index is 2470. The van der Waals surface area contributed by atoms with Gasteiger partial charge in [0.1, 0.15) is 11.9 Å². The van der Waals surface area contributed by atoms with Gasteiger partial charge in [-0.15, -0.1) is 0 Å². The largest absolute Gasteiger partial charge is 0.485 e. The second kappa shape index (κ2) is 13.2. The number of hydrogen-bond donors (Lipinski definition) is 2. The molecule has 2 aliphatic rings. The Kier molecular flexibility index (Phi) is 7.99. The normalized spacial score (nSPS) is 16.2. The SMILES string of the molecule is N=C(OC(N)c1cccc2c1OC1C=CC=CC21)c1ccc2c(-c3ccccc3-c3cc(-c4ccccc4)nc(-c4ccccc4)n3)cccc2c1. The molecule has 3 N–H and O–H groups in total. The molecule has 250 valence electrons. The van der Waals surface area contributed by atoms with Crippen LogP contribution in [0, 0.1) is 5.41 Å². The quantitative estimate of drug-likeness (QED) is 0.0997. The number of benzene rings is 6. The van der Waals surface area contributed by atoms with Crippen LogP contribution < -0.4 is 10.5 Å². The first-order chi connectivity index (χ1) is 25.6. The van der Waals surface area contributed by atoms with Gasteiger partial charge < -0.3 is 9.47 Å². The maximum Gasteiger partial charge on any atom is 0.215 e. The summed E-state index contributed by atoms with van der Waals surface area (Å²) in [6.45, 7) is 0. The maximum atomic E-state index is 8.91. The van der Waals surface area contributed by atoms with Crippen LogP contribution in [0.1, 0.15) is 28.8 Å². The van der Waals surface area contributed by atoms with Gasteiger partial charge in [-0.05, 0) is 46.2 Å². The maximum absolute atomic E-state index is 8.91. The van der Waals surface area contributed by atoms with E-state index in [2.05, 4.69) is 72.8 Å². The predicted octanol–water partition coefficient (Wildman–Crippen LogP) is 10.3. The lowest BCUT2D eigenvalue weighted by Gasteiger charge is -2.19. The van der Waals surface area contributed by atoms with Crippen LogP contribution in [0.3, 0.4) is 0 Å². The zero-order chi connectivity index (χ0) is 35.0. The lowest BCUT2D eigenvalue weighted by Crippen LogP contribution is -2.20. The highest BCUT2D eigenvalue weighted by atomic mass is 16.5. The van der Waals surface area contributed by atoms with E-state index >= 15 is 0 Å². The minimum absolute atomic E-state index is 0.00382. The van der Waals surface area contributed by atoms with Crippen LogP contribution in [-0.2, 0) is 4.74 Å². The number of nitrogens with one attached hydrogen (secondary N) is 1. The van der Waals surface area contributed by atoms with Gasteiger partial charge >= 0.3 is 0 Å². The van der Waals surface area contributed by atoms with Crippen LogP contribution in [0.5, 0.6) is 5.75 Å². The molecule has 0 saturated heterocycles. The van der Waals surface area contributed by atoms with Crippen molar-refractivity contribution in [3.05, 3.63) is 187 Å². The van der Waals surface area contributed by atoms with E-state index in [9.17, 15) is 0 Å². The van der Waals surface area contributed by atoms with E-state index < -0.39 is 6.23 Å². The number of rotatable bonds is 7. The highest BCUT2D eigenvalue weighted by molar-refractivity contribution is 6.04. The summed E-state index contributed by atoms with van der Waals surface area (Å²) in [5.74, 6) is 1.56. The van der Waals surface area contributed by atoms with E-state index in [-0.39, 0.29) is 17.9 Å². The first-order valence-electron chi connectivity index (χ1n) is 17.4. The summed E-state index contributed by atoms with van der Waals surface area (Å²) in [7, 11) is 0. The van der Waals surface area contributed by atoms with Gasteiger partial charge in [0, 0.05) is 39.3 Å². The molecule has 3 unspecified atom stereocenters. The molecular weight excluding hydrogens is 641 g/mol. The van der Waals surface area contributed by atoms with Gasteiger partial charge in [-0.25, -0.2) is 9.97 Å². The summed E-state index contributed by atoms with van der Waals surface area (Å²) in [5, 5.41) is 10.9. The first kappa shape index (κ1) is 31.4. The van der Waals surface area contributed by atoms with Crippen molar-refractivity contribution in [3.8, 4) is 50.8 Å².